The quantitative estimate of drug-likeness (QED) is 0.840. The zero-order valence-electron chi connectivity index (χ0n) is 12.4. The molecule has 0 aliphatic heterocycles. The molecule has 0 spiro atoms. The normalized spacial score (nSPS) is 13.9. The highest BCUT2D eigenvalue weighted by Crippen LogP contribution is 2.20. The maximum atomic E-state index is 13.7. The predicted octanol–water partition coefficient (Wildman–Crippen LogP) is 0.960. The second kappa shape index (κ2) is 5.98. The van der Waals surface area contributed by atoms with Crippen molar-refractivity contribution in [1.82, 2.24) is 14.9 Å². The Hall–Kier alpha value is -1.85. The van der Waals surface area contributed by atoms with Gasteiger partial charge in [0.25, 0.3) is 0 Å². The average Bonchev–Trinajstić information content (AvgIpc) is 2.90. The van der Waals surface area contributed by atoms with Crippen molar-refractivity contribution in [3.63, 3.8) is 0 Å². The van der Waals surface area contributed by atoms with Crippen molar-refractivity contribution < 1.29 is 25.6 Å². The molecule has 0 fully saturated rings. The molecule has 1 atom stereocenters. The summed E-state index contributed by atoms with van der Waals surface area (Å²) in [7, 11) is -7.89. The van der Waals surface area contributed by atoms with Crippen molar-refractivity contribution in [2.24, 2.45) is 0 Å². The summed E-state index contributed by atoms with van der Waals surface area (Å²) < 4.78 is 67.8. The molecule has 0 bridgehead atoms. The van der Waals surface area contributed by atoms with Crippen LogP contribution in [-0.2, 0) is 19.9 Å². The van der Waals surface area contributed by atoms with Crippen molar-refractivity contribution in [3.8, 4) is 0 Å². The van der Waals surface area contributed by atoms with Crippen molar-refractivity contribution >= 4 is 19.9 Å². The monoisotopic (exact) mass is 363 g/mol. The van der Waals surface area contributed by atoms with Gasteiger partial charge in [-0.1, -0.05) is 11.2 Å². The van der Waals surface area contributed by atoms with E-state index in [1.165, 1.54) is 19.1 Å². The Bertz CT molecular complexity index is 937. The number of aromatic nitrogens is 2. The molecule has 126 valence electrons. The summed E-state index contributed by atoms with van der Waals surface area (Å²) in [5.74, 6) is -1.15. The minimum atomic E-state index is -4.19. The molecule has 8 nitrogen and oxygen atoms in total. The smallest absolute Gasteiger partial charge is 0.335 e. The second-order valence-electron chi connectivity index (χ2n) is 4.96. The van der Waals surface area contributed by atoms with Crippen molar-refractivity contribution in [1.29, 1.82) is 0 Å². The Balaban J connectivity index is 2.30. The summed E-state index contributed by atoms with van der Waals surface area (Å²) in [6.45, 7) is 2.99. The van der Waals surface area contributed by atoms with E-state index in [0.29, 0.717) is 5.56 Å². The molecule has 2 aromatic rings. The predicted molar refractivity (Wildman–Crippen MR) is 77.3 cm³/mol. The first-order valence-electron chi connectivity index (χ1n) is 6.32. The molecule has 1 aromatic heterocycles. The molecule has 0 saturated heterocycles. The van der Waals surface area contributed by atoms with Gasteiger partial charge in [0.05, 0.1) is 6.04 Å². The Morgan fingerprint density at radius 1 is 1.22 bits per heavy atom. The number of sulfone groups is 1. The Morgan fingerprint density at radius 3 is 2.43 bits per heavy atom. The van der Waals surface area contributed by atoms with E-state index in [1.54, 1.807) is 6.92 Å². The molecule has 0 aliphatic carbocycles. The molecular formula is C12H14FN3O5S2. The Morgan fingerprint density at radius 2 is 1.87 bits per heavy atom. The van der Waals surface area contributed by atoms with E-state index in [-0.39, 0.29) is 5.89 Å². The number of hydrogen-bond acceptors (Lipinski definition) is 7. The lowest BCUT2D eigenvalue weighted by molar-refractivity contribution is 0.373. The fraction of sp³-hybridized carbons (Fsp3) is 0.333. The number of aryl methyl sites for hydroxylation is 1. The van der Waals surface area contributed by atoms with Crippen molar-refractivity contribution in [3.05, 3.63) is 35.5 Å². The van der Waals surface area contributed by atoms with Crippen LogP contribution in [0.15, 0.2) is 32.7 Å². The fourth-order valence-electron chi connectivity index (χ4n) is 1.71. The maximum Gasteiger partial charge on any atom is 0.335 e. The molecule has 11 heteroatoms. The molecular weight excluding hydrogens is 349 g/mol. The Kier molecular flexibility index (Phi) is 4.55. The molecule has 23 heavy (non-hydrogen) atoms. The summed E-state index contributed by atoms with van der Waals surface area (Å²) >= 11 is 0. The van der Waals surface area contributed by atoms with Crippen LogP contribution in [0.25, 0.3) is 0 Å². The standard InChI is InChI=1S/C12H14FN3O5S2/c1-7-4-5-9(13)10(6-7)23(19,20)16-8(2)11-14-15-12(21-11)22(3,17)18/h4-6,8,16H,1-3H3/t8-/m0/s1. The number of hydrogen-bond donors (Lipinski definition) is 1. The van der Waals surface area contributed by atoms with Gasteiger partial charge in [0.1, 0.15) is 10.7 Å². The van der Waals surface area contributed by atoms with Crippen molar-refractivity contribution in [2.75, 3.05) is 6.26 Å². The van der Waals surface area contributed by atoms with Crippen LogP contribution in [0, 0.1) is 12.7 Å². The van der Waals surface area contributed by atoms with Crippen LogP contribution < -0.4 is 4.72 Å². The van der Waals surface area contributed by atoms with Crippen LogP contribution in [0.1, 0.15) is 24.4 Å². The third-order valence-electron chi connectivity index (χ3n) is 2.82. The highest BCUT2D eigenvalue weighted by atomic mass is 32.2. The number of sulfonamides is 1. The van der Waals surface area contributed by atoms with Crippen LogP contribution in [0.2, 0.25) is 0 Å². The van der Waals surface area contributed by atoms with Crippen LogP contribution >= 0.6 is 0 Å². The average molecular weight is 363 g/mol. The third kappa shape index (κ3) is 3.92. The molecule has 1 heterocycles. The fourth-order valence-corrected chi connectivity index (χ4v) is 3.49. The summed E-state index contributed by atoms with van der Waals surface area (Å²) in [6.07, 6.45) is 0.876. The first kappa shape index (κ1) is 17.5. The van der Waals surface area contributed by atoms with Crippen LogP contribution in [0.4, 0.5) is 4.39 Å². The van der Waals surface area contributed by atoms with Gasteiger partial charge in [-0.25, -0.2) is 21.2 Å². The molecule has 1 aromatic carbocycles. The number of halogens is 1. The first-order valence-corrected chi connectivity index (χ1v) is 9.70. The van der Waals surface area contributed by atoms with E-state index < -0.39 is 41.8 Å². The maximum absolute atomic E-state index is 13.7. The van der Waals surface area contributed by atoms with Crippen LogP contribution in [0.3, 0.4) is 0 Å². The van der Waals surface area contributed by atoms with E-state index in [9.17, 15) is 21.2 Å². The van der Waals surface area contributed by atoms with Gasteiger partial charge in [-0.15, -0.1) is 5.10 Å². The second-order valence-corrected chi connectivity index (χ2v) is 8.53. The van der Waals surface area contributed by atoms with Gasteiger partial charge in [0.2, 0.25) is 25.8 Å². The zero-order chi connectivity index (χ0) is 17.4. The molecule has 0 saturated carbocycles. The number of nitrogens with one attached hydrogen (secondary N) is 1. The molecule has 0 radical (unpaired) electrons. The number of rotatable bonds is 5. The van der Waals surface area contributed by atoms with Gasteiger partial charge in [0, 0.05) is 6.26 Å². The van der Waals surface area contributed by atoms with Gasteiger partial charge in [-0.3, -0.25) is 0 Å². The zero-order valence-corrected chi connectivity index (χ0v) is 14.1. The van der Waals surface area contributed by atoms with Gasteiger partial charge in [-0.05, 0) is 31.5 Å². The van der Waals surface area contributed by atoms with Gasteiger partial charge in [-0.2, -0.15) is 4.72 Å². The van der Waals surface area contributed by atoms with Crippen molar-refractivity contribution in [2.45, 2.75) is 30.0 Å². The lowest BCUT2D eigenvalue weighted by atomic mass is 10.2. The minimum absolute atomic E-state index is 0.248. The van der Waals surface area contributed by atoms with E-state index in [1.807, 2.05) is 0 Å². The van der Waals surface area contributed by atoms with Crippen LogP contribution in [-0.4, -0.2) is 33.3 Å². The van der Waals surface area contributed by atoms with E-state index in [4.69, 9.17) is 4.42 Å². The summed E-state index contributed by atoms with van der Waals surface area (Å²) in [6, 6.07) is 2.63. The Labute approximate surface area is 132 Å². The minimum Gasteiger partial charge on any atom is -0.411 e. The number of nitrogens with zero attached hydrogens (tertiary/aromatic N) is 2. The highest BCUT2D eigenvalue weighted by Gasteiger charge is 2.26. The van der Waals surface area contributed by atoms with Gasteiger partial charge >= 0.3 is 5.22 Å². The third-order valence-corrected chi connectivity index (χ3v) is 5.17. The van der Waals surface area contributed by atoms with E-state index in [0.717, 1.165) is 12.3 Å². The van der Waals surface area contributed by atoms with Gasteiger partial charge in [0.15, 0.2) is 0 Å². The number of benzene rings is 1. The molecule has 1 N–H and O–H groups in total. The molecule has 0 unspecified atom stereocenters. The first-order chi connectivity index (χ1) is 10.5. The topological polar surface area (TPSA) is 119 Å². The highest BCUT2D eigenvalue weighted by molar-refractivity contribution is 7.90. The largest absolute Gasteiger partial charge is 0.411 e. The van der Waals surface area contributed by atoms with E-state index >= 15 is 0 Å². The van der Waals surface area contributed by atoms with E-state index in [2.05, 4.69) is 14.9 Å². The lowest BCUT2D eigenvalue weighted by Gasteiger charge is -2.11. The molecule has 0 amide bonds. The SMILES string of the molecule is Cc1ccc(F)c(S(=O)(=O)N[C@@H](C)c2nnc(S(C)(=O)=O)o2)c1. The summed E-state index contributed by atoms with van der Waals surface area (Å²) in [4.78, 5) is -0.521. The molecule has 0 aliphatic rings. The summed E-state index contributed by atoms with van der Waals surface area (Å²) in [5, 5.41) is 6.19. The summed E-state index contributed by atoms with van der Waals surface area (Å²) in [5.41, 5.74) is 0.566. The van der Waals surface area contributed by atoms with Crippen LogP contribution in [0.5, 0.6) is 0 Å². The molecule has 2 rings (SSSR count). The lowest BCUT2D eigenvalue weighted by Crippen LogP contribution is -2.28. The van der Waals surface area contributed by atoms with Gasteiger partial charge < -0.3 is 4.42 Å².